The van der Waals surface area contributed by atoms with Crippen molar-refractivity contribution in [2.75, 3.05) is 33.7 Å². The summed E-state index contributed by atoms with van der Waals surface area (Å²) >= 11 is 0. The van der Waals surface area contributed by atoms with Gasteiger partial charge in [0.25, 0.3) is 5.91 Å². The molecule has 0 saturated carbocycles. The summed E-state index contributed by atoms with van der Waals surface area (Å²) in [6.07, 6.45) is 0. The summed E-state index contributed by atoms with van der Waals surface area (Å²) in [4.78, 5) is 12.8. The predicted octanol–water partition coefficient (Wildman–Crippen LogP) is 2.18. The molecule has 9 heteroatoms. The highest BCUT2D eigenvalue weighted by molar-refractivity contribution is 7.89. The van der Waals surface area contributed by atoms with Crippen LogP contribution in [0.3, 0.4) is 0 Å². The van der Waals surface area contributed by atoms with Crippen molar-refractivity contribution in [3.8, 4) is 17.2 Å². The van der Waals surface area contributed by atoms with Crippen molar-refractivity contribution >= 4 is 21.6 Å². The lowest BCUT2D eigenvalue weighted by Gasteiger charge is -2.15. The molecule has 0 aromatic heterocycles. The molecule has 0 unspecified atom stereocenters. The fourth-order valence-corrected chi connectivity index (χ4v) is 3.48. The molecule has 2 rings (SSSR count). The number of anilines is 1. The SMILES string of the molecule is CNS(=O)(=O)c1cc(NC(=O)c2cc(OC)c(OC)cc2OC)ccc1C. The van der Waals surface area contributed by atoms with Crippen molar-refractivity contribution in [3.05, 3.63) is 41.5 Å². The molecule has 2 aromatic carbocycles. The third-order valence-corrected chi connectivity index (χ3v) is 5.51. The number of carbonyl (C=O) groups excluding carboxylic acids is 1. The van der Waals surface area contributed by atoms with E-state index in [0.717, 1.165) is 0 Å². The standard InChI is InChI=1S/C18H22N2O6S/c1-11-6-7-12(8-17(11)27(22,23)19-2)20-18(21)13-9-15(25-4)16(26-5)10-14(13)24-3/h6-10,19H,1-5H3,(H,20,21). The molecular formula is C18H22N2O6S. The van der Waals surface area contributed by atoms with E-state index >= 15 is 0 Å². The number of hydrogen-bond acceptors (Lipinski definition) is 6. The quantitative estimate of drug-likeness (QED) is 0.746. The van der Waals surface area contributed by atoms with E-state index < -0.39 is 15.9 Å². The molecule has 1 amide bonds. The van der Waals surface area contributed by atoms with Gasteiger partial charge in [-0.25, -0.2) is 13.1 Å². The van der Waals surface area contributed by atoms with Crippen LogP contribution < -0.4 is 24.2 Å². The average molecular weight is 394 g/mol. The first-order chi connectivity index (χ1) is 12.8. The van der Waals surface area contributed by atoms with Gasteiger partial charge in [-0.05, 0) is 31.7 Å². The summed E-state index contributed by atoms with van der Waals surface area (Å²) in [7, 11) is 2.05. The van der Waals surface area contributed by atoms with Crippen molar-refractivity contribution in [3.63, 3.8) is 0 Å². The molecule has 0 atom stereocenters. The van der Waals surface area contributed by atoms with E-state index in [-0.39, 0.29) is 10.5 Å². The largest absolute Gasteiger partial charge is 0.496 e. The molecule has 2 N–H and O–H groups in total. The van der Waals surface area contributed by atoms with Crippen LogP contribution >= 0.6 is 0 Å². The summed E-state index contributed by atoms with van der Waals surface area (Å²) in [5.74, 6) is 0.597. The van der Waals surface area contributed by atoms with Gasteiger partial charge in [0.05, 0.1) is 31.8 Å². The third-order valence-electron chi connectivity index (χ3n) is 3.95. The van der Waals surface area contributed by atoms with E-state index in [0.29, 0.717) is 28.5 Å². The topological polar surface area (TPSA) is 103 Å². The molecule has 0 aliphatic rings. The first-order valence-corrected chi connectivity index (χ1v) is 9.41. The Morgan fingerprint density at radius 3 is 2.07 bits per heavy atom. The highest BCUT2D eigenvalue weighted by Gasteiger charge is 2.20. The maximum absolute atomic E-state index is 12.7. The number of rotatable bonds is 7. The average Bonchev–Trinajstić information content (AvgIpc) is 2.67. The number of ether oxygens (including phenoxy) is 3. The molecular weight excluding hydrogens is 372 g/mol. The Hall–Kier alpha value is -2.78. The molecule has 0 heterocycles. The minimum Gasteiger partial charge on any atom is -0.496 e. The first kappa shape index (κ1) is 20.5. The van der Waals surface area contributed by atoms with Crippen molar-refractivity contribution in [2.45, 2.75) is 11.8 Å². The predicted molar refractivity (Wildman–Crippen MR) is 101 cm³/mol. The van der Waals surface area contributed by atoms with Crippen molar-refractivity contribution in [2.24, 2.45) is 0 Å². The molecule has 0 saturated heterocycles. The molecule has 0 spiro atoms. The van der Waals surface area contributed by atoms with Crippen LogP contribution in [0.1, 0.15) is 15.9 Å². The Morgan fingerprint density at radius 1 is 0.926 bits per heavy atom. The minimum atomic E-state index is -3.65. The lowest BCUT2D eigenvalue weighted by Crippen LogP contribution is -2.20. The molecule has 8 nitrogen and oxygen atoms in total. The smallest absolute Gasteiger partial charge is 0.259 e. The van der Waals surface area contributed by atoms with Crippen LogP contribution in [0.2, 0.25) is 0 Å². The van der Waals surface area contributed by atoms with Crippen molar-refractivity contribution in [1.82, 2.24) is 4.72 Å². The van der Waals surface area contributed by atoms with Gasteiger partial charge >= 0.3 is 0 Å². The Kier molecular flexibility index (Phi) is 6.29. The normalized spacial score (nSPS) is 11.0. The lowest BCUT2D eigenvalue weighted by molar-refractivity contribution is 0.102. The summed E-state index contributed by atoms with van der Waals surface area (Å²) < 4.78 is 42.2. The molecule has 0 bridgehead atoms. The first-order valence-electron chi connectivity index (χ1n) is 7.93. The number of sulfonamides is 1. The summed E-state index contributed by atoms with van der Waals surface area (Å²) in [5, 5.41) is 2.68. The van der Waals surface area contributed by atoms with Gasteiger partial charge in [-0.15, -0.1) is 0 Å². The van der Waals surface area contributed by atoms with E-state index in [2.05, 4.69) is 10.0 Å². The number of amides is 1. The van der Waals surface area contributed by atoms with E-state index in [1.807, 2.05) is 0 Å². The Bertz CT molecular complexity index is 957. The van der Waals surface area contributed by atoms with Crippen LogP contribution in [0.4, 0.5) is 5.69 Å². The molecule has 27 heavy (non-hydrogen) atoms. The van der Waals surface area contributed by atoms with Gasteiger partial charge in [0, 0.05) is 17.8 Å². The minimum absolute atomic E-state index is 0.0853. The van der Waals surface area contributed by atoms with E-state index in [4.69, 9.17) is 14.2 Å². The second kappa shape index (κ2) is 8.28. The highest BCUT2D eigenvalue weighted by atomic mass is 32.2. The van der Waals surface area contributed by atoms with Crippen LogP contribution in [-0.2, 0) is 10.0 Å². The Labute approximate surface area is 158 Å². The van der Waals surface area contributed by atoms with E-state index in [9.17, 15) is 13.2 Å². The van der Waals surface area contributed by atoms with Gasteiger partial charge in [-0.2, -0.15) is 0 Å². The molecule has 146 valence electrons. The van der Waals surface area contributed by atoms with Crippen LogP contribution in [-0.4, -0.2) is 42.7 Å². The van der Waals surface area contributed by atoms with Gasteiger partial charge in [0.15, 0.2) is 11.5 Å². The van der Waals surface area contributed by atoms with Gasteiger partial charge in [-0.3, -0.25) is 4.79 Å². The maximum Gasteiger partial charge on any atom is 0.259 e. The van der Waals surface area contributed by atoms with Crippen LogP contribution in [0.25, 0.3) is 0 Å². The summed E-state index contributed by atoms with van der Waals surface area (Å²) in [6, 6.07) is 7.67. The Balaban J connectivity index is 2.42. The van der Waals surface area contributed by atoms with Crippen molar-refractivity contribution in [1.29, 1.82) is 0 Å². The Morgan fingerprint density at radius 2 is 1.52 bits per heavy atom. The van der Waals surface area contributed by atoms with Gasteiger partial charge in [0.1, 0.15) is 5.75 Å². The van der Waals surface area contributed by atoms with Gasteiger partial charge < -0.3 is 19.5 Å². The molecule has 0 aliphatic heterocycles. The number of hydrogen-bond donors (Lipinski definition) is 2. The zero-order chi connectivity index (χ0) is 20.2. The number of nitrogens with one attached hydrogen (secondary N) is 2. The molecule has 0 radical (unpaired) electrons. The number of methoxy groups -OCH3 is 3. The number of aryl methyl sites for hydroxylation is 1. The second-order valence-electron chi connectivity index (χ2n) is 5.55. The van der Waals surface area contributed by atoms with Crippen LogP contribution in [0.15, 0.2) is 35.2 Å². The third kappa shape index (κ3) is 4.32. The lowest BCUT2D eigenvalue weighted by atomic mass is 10.1. The van der Waals surface area contributed by atoms with Gasteiger partial charge in [0.2, 0.25) is 10.0 Å². The molecule has 0 aliphatic carbocycles. The highest BCUT2D eigenvalue weighted by Crippen LogP contribution is 2.35. The van der Waals surface area contributed by atoms with Crippen molar-refractivity contribution < 1.29 is 27.4 Å². The summed E-state index contributed by atoms with van der Waals surface area (Å²) in [6.45, 7) is 1.67. The monoisotopic (exact) mass is 394 g/mol. The van der Waals surface area contributed by atoms with Gasteiger partial charge in [-0.1, -0.05) is 6.07 Å². The summed E-state index contributed by atoms with van der Waals surface area (Å²) in [5.41, 5.74) is 1.11. The molecule has 0 fully saturated rings. The zero-order valence-electron chi connectivity index (χ0n) is 15.7. The zero-order valence-corrected chi connectivity index (χ0v) is 16.6. The maximum atomic E-state index is 12.7. The van der Waals surface area contributed by atoms with E-state index in [1.165, 1.54) is 40.5 Å². The number of carbonyl (C=O) groups is 1. The second-order valence-corrected chi connectivity index (χ2v) is 7.40. The number of benzene rings is 2. The fraction of sp³-hybridized carbons (Fsp3) is 0.278. The fourth-order valence-electron chi connectivity index (χ4n) is 2.48. The van der Waals surface area contributed by atoms with Crippen LogP contribution in [0, 0.1) is 6.92 Å². The molecule has 2 aromatic rings. The van der Waals surface area contributed by atoms with E-state index in [1.54, 1.807) is 25.1 Å². The van der Waals surface area contributed by atoms with Crippen LogP contribution in [0.5, 0.6) is 17.2 Å².